The van der Waals surface area contributed by atoms with Crippen molar-refractivity contribution in [2.24, 2.45) is 34.5 Å². The van der Waals surface area contributed by atoms with E-state index in [4.69, 9.17) is 0 Å². The highest BCUT2D eigenvalue weighted by molar-refractivity contribution is 5.39. The van der Waals surface area contributed by atoms with Gasteiger partial charge in [0.2, 0.25) is 0 Å². The Morgan fingerprint density at radius 3 is 2.86 bits per heavy atom. The second-order valence-corrected chi connectivity index (χ2v) is 9.20. The Labute approximate surface area is 133 Å². The van der Waals surface area contributed by atoms with E-state index in [0.29, 0.717) is 11.3 Å². The molecule has 0 aliphatic heterocycles. The molecule has 1 aromatic carbocycles. The first-order valence-electron chi connectivity index (χ1n) is 9.44. The molecule has 5 aliphatic rings. The second kappa shape index (κ2) is 3.64. The van der Waals surface area contributed by atoms with E-state index >= 15 is 0 Å². The quantitative estimate of drug-likeness (QED) is 0.762. The summed E-state index contributed by atoms with van der Waals surface area (Å²) in [5, 5.41) is 11.1. The van der Waals surface area contributed by atoms with Crippen molar-refractivity contribution in [1.29, 1.82) is 0 Å². The fourth-order valence-electron chi connectivity index (χ4n) is 8.38. The summed E-state index contributed by atoms with van der Waals surface area (Å²) in [6.07, 6.45) is 8.03. The minimum absolute atomic E-state index is 0.00289. The maximum Gasteiger partial charge on any atom is 0.0633 e. The molecule has 6 rings (SSSR count). The molecule has 0 saturated heterocycles. The number of aliphatic hydroxyl groups is 1. The van der Waals surface area contributed by atoms with Gasteiger partial charge in [0, 0.05) is 0 Å². The molecular weight excluding hydrogens is 268 g/mol. The van der Waals surface area contributed by atoms with Crippen LogP contribution in [0.15, 0.2) is 24.3 Å². The number of aryl methyl sites for hydroxylation is 1. The van der Waals surface area contributed by atoms with E-state index in [1.807, 2.05) is 0 Å². The molecule has 8 atom stereocenters. The Morgan fingerprint density at radius 1 is 1.09 bits per heavy atom. The molecule has 0 radical (unpaired) electrons. The van der Waals surface area contributed by atoms with Crippen molar-refractivity contribution in [3.63, 3.8) is 0 Å². The van der Waals surface area contributed by atoms with E-state index in [2.05, 4.69) is 31.2 Å². The summed E-state index contributed by atoms with van der Waals surface area (Å²) in [6.45, 7) is 2.46. The fourth-order valence-corrected chi connectivity index (χ4v) is 8.38. The van der Waals surface area contributed by atoms with Crippen molar-refractivity contribution < 1.29 is 5.11 Å². The predicted molar refractivity (Wildman–Crippen MR) is 86.5 cm³/mol. The Hall–Kier alpha value is -0.820. The first-order chi connectivity index (χ1) is 10.7. The molecule has 1 spiro atoms. The summed E-state index contributed by atoms with van der Waals surface area (Å²) in [7, 11) is 0. The Morgan fingerprint density at radius 2 is 1.95 bits per heavy atom. The summed E-state index contributed by atoms with van der Waals surface area (Å²) in [4.78, 5) is 0. The molecular formula is C21H26O. The summed E-state index contributed by atoms with van der Waals surface area (Å²) >= 11 is 0. The van der Waals surface area contributed by atoms with Crippen molar-refractivity contribution in [2.45, 2.75) is 57.5 Å². The highest BCUT2D eigenvalue weighted by atomic mass is 16.3. The van der Waals surface area contributed by atoms with Gasteiger partial charge in [0.15, 0.2) is 0 Å². The largest absolute Gasteiger partial charge is 0.392 e. The zero-order chi connectivity index (χ0) is 14.7. The van der Waals surface area contributed by atoms with Gasteiger partial charge in [0.1, 0.15) is 0 Å². The Balaban J connectivity index is 1.52. The van der Waals surface area contributed by atoms with Crippen molar-refractivity contribution in [3.8, 4) is 0 Å². The van der Waals surface area contributed by atoms with Crippen LogP contribution in [0.3, 0.4) is 0 Å². The van der Waals surface area contributed by atoms with Crippen molar-refractivity contribution in [3.05, 3.63) is 35.4 Å². The third-order valence-electron chi connectivity index (χ3n) is 9.10. The van der Waals surface area contributed by atoms with Crippen LogP contribution < -0.4 is 0 Å². The number of hydrogen-bond donors (Lipinski definition) is 1. The molecule has 1 nitrogen and oxygen atoms in total. The molecule has 1 aromatic rings. The molecule has 0 bridgehead atoms. The van der Waals surface area contributed by atoms with Gasteiger partial charge >= 0.3 is 0 Å². The van der Waals surface area contributed by atoms with Gasteiger partial charge in [-0.3, -0.25) is 0 Å². The van der Waals surface area contributed by atoms with E-state index < -0.39 is 0 Å². The standard InChI is InChI=1S/C21H26O/c1-20-10-8-14-13-5-3-2-4-12(13)6-7-16(14)21(20)11-9-15-17(18(15)21)19(20)22/h2-5,14-19,22H,6-11H2,1H3/t14?,15?,16?,17?,18?,19?,20-,21?/m1/s1. The lowest BCUT2D eigenvalue weighted by atomic mass is 9.46. The number of hydrogen-bond acceptors (Lipinski definition) is 1. The molecule has 22 heavy (non-hydrogen) atoms. The van der Waals surface area contributed by atoms with Gasteiger partial charge in [0.25, 0.3) is 0 Å². The molecule has 1 N–H and O–H groups in total. The summed E-state index contributed by atoms with van der Waals surface area (Å²) < 4.78 is 0. The van der Waals surface area contributed by atoms with Gasteiger partial charge in [-0.15, -0.1) is 0 Å². The minimum atomic E-state index is 0.00289. The second-order valence-electron chi connectivity index (χ2n) is 9.20. The van der Waals surface area contributed by atoms with Gasteiger partial charge < -0.3 is 5.11 Å². The van der Waals surface area contributed by atoms with E-state index in [0.717, 1.165) is 23.7 Å². The molecule has 7 unspecified atom stereocenters. The van der Waals surface area contributed by atoms with Crippen LogP contribution in [-0.2, 0) is 6.42 Å². The molecule has 0 aromatic heterocycles. The van der Waals surface area contributed by atoms with E-state index in [1.165, 1.54) is 38.5 Å². The van der Waals surface area contributed by atoms with Gasteiger partial charge in [-0.2, -0.15) is 0 Å². The lowest BCUT2D eigenvalue weighted by Gasteiger charge is -2.58. The summed E-state index contributed by atoms with van der Waals surface area (Å²) in [5.41, 5.74) is 3.99. The van der Waals surface area contributed by atoms with Crippen LogP contribution in [0.25, 0.3) is 0 Å². The van der Waals surface area contributed by atoms with Gasteiger partial charge in [-0.1, -0.05) is 31.2 Å². The molecule has 1 heteroatoms. The predicted octanol–water partition coefficient (Wildman–Crippen LogP) is 4.15. The first kappa shape index (κ1) is 12.6. The Bertz CT molecular complexity index is 666. The summed E-state index contributed by atoms with van der Waals surface area (Å²) in [5.74, 6) is 4.07. The van der Waals surface area contributed by atoms with Crippen LogP contribution in [0.5, 0.6) is 0 Å². The third-order valence-corrected chi connectivity index (χ3v) is 9.10. The van der Waals surface area contributed by atoms with Crippen LogP contribution in [0.1, 0.15) is 56.1 Å². The van der Waals surface area contributed by atoms with Crippen LogP contribution in [0.4, 0.5) is 0 Å². The van der Waals surface area contributed by atoms with Gasteiger partial charge in [-0.05, 0) is 90.1 Å². The fraction of sp³-hybridized carbons (Fsp3) is 0.714. The summed E-state index contributed by atoms with van der Waals surface area (Å²) in [6, 6.07) is 9.23. The van der Waals surface area contributed by atoms with Gasteiger partial charge in [-0.25, -0.2) is 0 Å². The van der Waals surface area contributed by atoms with Crippen LogP contribution in [0, 0.1) is 34.5 Å². The van der Waals surface area contributed by atoms with Gasteiger partial charge in [0.05, 0.1) is 6.10 Å². The van der Waals surface area contributed by atoms with E-state index in [-0.39, 0.29) is 11.5 Å². The van der Waals surface area contributed by atoms with Crippen molar-refractivity contribution in [2.75, 3.05) is 0 Å². The Kier molecular flexibility index (Phi) is 2.08. The maximum atomic E-state index is 11.1. The molecule has 5 aliphatic carbocycles. The average Bonchev–Trinajstić information content (AvgIpc) is 3.11. The number of rotatable bonds is 0. The lowest BCUT2D eigenvalue weighted by Crippen LogP contribution is -2.53. The number of fused-ring (bicyclic) bond motifs is 4. The maximum absolute atomic E-state index is 11.1. The smallest absolute Gasteiger partial charge is 0.0633 e. The van der Waals surface area contributed by atoms with Crippen LogP contribution >= 0.6 is 0 Å². The van der Waals surface area contributed by atoms with Crippen LogP contribution in [0.2, 0.25) is 0 Å². The average molecular weight is 294 g/mol. The minimum Gasteiger partial charge on any atom is -0.392 e. The zero-order valence-electron chi connectivity index (χ0n) is 13.5. The topological polar surface area (TPSA) is 20.2 Å². The zero-order valence-corrected chi connectivity index (χ0v) is 13.5. The van der Waals surface area contributed by atoms with Crippen molar-refractivity contribution >= 4 is 0 Å². The first-order valence-corrected chi connectivity index (χ1v) is 9.44. The molecule has 4 saturated carbocycles. The van der Waals surface area contributed by atoms with Crippen molar-refractivity contribution in [1.82, 2.24) is 0 Å². The highest BCUT2D eigenvalue weighted by Crippen LogP contribution is 2.85. The molecule has 0 heterocycles. The van der Waals surface area contributed by atoms with E-state index in [1.54, 1.807) is 11.1 Å². The third kappa shape index (κ3) is 1.09. The van der Waals surface area contributed by atoms with E-state index in [9.17, 15) is 5.11 Å². The number of aliphatic hydroxyl groups excluding tert-OH is 1. The molecule has 116 valence electrons. The normalized spacial score (nSPS) is 56.8. The molecule has 4 fully saturated rings. The SMILES string of the molecule is C[C@]12CCC3c4ccccc4CCC3C13CCC1C(C13)C2O. The monoisotopic (exact) mass is 294 g/mol. The highest BCUT2D eigenvalue weighted by Gasteiger charge is 2.83. The number of benzene rings is 1. The van der Waals surface area contributed by atoms with Crippen LogP contribution in [-0.4, -0.2) is 11.2 Å². The molecule has 0 amide bonds. The lowest BCUT2D eigenvalue weighted by molar-refractivity contribution is -0.111.